The Morgan fingerprint density at radius 1 is 1.24 bits per heavy atom. The lowest BCUT2D eigenvalue weighted by Crippen LogP contribution is -2.46. The maximum Gasteiger partial charge on any atom is 0.272 e. The lowest BCUT2D eigenvalue weighted by atomic mass is 10.0. The average Bonchev–Trinajstić information content (AvgIpc) is 3.30. The van der Waals surface area contributed by atoms with Crippen LogP contribution in [0.25, 0.3) is 0 Å². The van der Waals surface area contributed by atoms with Crippen LogP contribution in [0.2, 0.25) is 0 Å². The molecule has 136 valence electrons. The summed E-state index contributed by atoms with van der Waals surface area (Å²) in [4.78, 5) is 17.2. The SMILES string of the molecule is CC(C)n1nccc1C(=O)N(C)C1CCN(CCn2cccn2)CC1. The highest BCUT2D eigenvalue weighted by atomic mass is 16.2. The van der Waals surface area contributed by atoms with Gasteiger partial charge in [-0.1, -0.05) is 0 Å². The Morgan fingerprint density at radius 2 is 2.00 bits per heavy atom. The molecule has 7 nitrogen and oxygen atoms in total. The van der Waals surface area contributed by atoms with Gasteiger partial charge >= 0.3 is 0 Å². The van der Waals surface area contributed by atoms with Crippen LogP contribution in [0.5, 0.6) is 0 Å². The fraction of sp³-hybridized carbons (Fsp3) is 0.611. The Kier molecular flexibility index (Phi) is 5.53. The molecule has 0 radical (unpaired) electrons. The number of carbonyl (C=O) groups is 1. The molecule has 0 atom stereocenters. The monoisotopic (exact) mass is 344 g/mol. The van der Waals surface area contributed by atoms with E-state index in [4.69, 9.17) is 0 Å². The van der Waals surface area contributed by atoms with E-state index in [0.717, 1.165) is 39.0 Å². The zero-order valence-corrected chi connectivity index (χ0v) is 15.4. The van der Waals surface area contributed by atoms with Gasteiger partial charge in [-0.2, -0.15) is 10.2 Å². The molecule has 2 aromatic heterocycles. The molecule has 0 bridgehead atoms. The number of hydrogen-bond donors (Lipinski definition) is 0. The van der Waals surface area contributed by atoms with E-state index in [2.05, 4.69) is 15.1 Å². The van der Waals surface area contributed by atoms with Crippen LogP contribution in [0.3, 0.4) is 0 Å². The van der Waals surface area contributed by atoms with Crippen LogP contribution in [0.1, 0.15) is 43.2 Å². The maximum atomic E-state index is 12.8. The minimum atomic E-state index is 0.0705. The minimum Gasteiger partial charge on any atom is -0.337 e. The van der Waals surface area contributed by atoms with Crippen LogP contribution in [-0.2, 0) is 6.54 Å². The molecule has 0 aliphatic carbocycles. The molecule has 3 heterocycles. The molecule has 1 saturated heterocycles. The van der Waals surface area contributed by atoms with E-state index >= 15 is 0 Å². The van der Waals surface area contributed by atoms with Crippen LogP contribution >= 0.6 is 0 Å². The lowest BCUT2D eigenvalue weighted by molar-refractivity contribution is 0.0625. The summed E-state index contributed by atoms with van der Waals surface area (Å²) in [5.74, 6) is 0.0705. The molecule has 7 heteroatoms. The predicted octanol–water partition coefficient (Wildman–Crippen LogP) is 1.90. The van der Waals surface area contributed by atoms with Crippen molar-refractivity contribution >= 4 is 5.91 Å². The molecule has 25 heavy (non-hydrogen) atoms. The Labute approximate surface area is 149 Å². The quantitative estimate of drug-likeness (QED) is 0.803. The van der Waals surface area contributed by atoms with Gasteiger partial charge in [0.15, 0.2) is 0 Å². The van der Waals surface area contributed by atoms with E-state index in [1.54, 1.807) is 10.9 Å². The highest BCUT2D eigenvalue weighted by Crippen LogP contribution is 2.18. The van der Waals surface area contributed by atoms with Gasteiger partial charge in [-0.25, -0.2) is 0 Å². The third-order valence-corrected chi connectivity index (χ3v) is 5.01. The number of rotatable bonds is 6. The van der Waals surface area contributed by atoms with Crippen molar-refractivity contribution in [1.29, 1.82) is 0 Å². The molecular weight excluding hydrogens is 316 g/mol. The van der Waals surface area contributed by atoms with Gasteiger partial charge in [0.05, 0.1) is 6.54 Å². The summed E-state index contributed by atoms with van der Waals surface area (Å²) in [5.41, 5.74) is 0.679. The minimum absolute atomic E-state index is 0.0705. The van der Waals surface area contributed by atoms with Crippen LogP contribution in [-0.4, -0.2) is 68.0 Å². The number of piperidine rings is 1. The summed E-state index contributed by atoms with van der Waals surface area (Å²) in [5, 5.41) is 8.52. The van der Waals surface area contributed by atoms with E-state index in [1.807, 2.05) is 55.0 Å². The van der Waals surface area contributed by atoms with E-state index < -0.39 is 0 Å². The van der Waals surface area contributed by atoms with Crippen molar-refractivity contribution in [2.45, 2.75) is 45.3 Å². The molecule has 2 aromatic rings. The molecule has 1 amide bonds. The Hall–Kier alpha value is -2.15. The summed E-state index contributed by atoms with van der Waals surface area (Å²) < 4.78 is 3.77. The Balaban J connectivity index is 1.51. The fourth-order valence-corrected chi connectivity index (χ4v) is 3.45. The maximum absolute atomic E-state index is 12.8. The third kappa shape index (κ3) is 4.10. The molecule has 0 saturated carbocycles. The molecule has 0 aromatic carbocycles. The van der Waals surface area contributed by atoms with Gasteiger partial charge in [0.2, 0.25) is 0 Å². The smallest absolute Gasteiger partial charge is 0.272 e. The first-order chi connectivity index (χ1) is 12.1. The van der Waals surface area contributed by atoms with Crippen LogP contribution in [0.15, 0.2) is 30.7 Å². The number of nitrogens with zero attached hydrogens (tertiary/aromatic N) is 6. The van der Waals surface area contributed by atoms with Gasteiger partial charge in [-0.3, -0.25) is 14.2 Å². The van der Waals surface area contributed by atoms with Gasteiger partial charge in [-0.05, 0) is 38.8 Å². The highest BCUT2D eigenvalue weighted by molar-refractivity contribution is 5.92. The zero-order chi connectivity index (χ0) is 17.8. The van der Waals surface area contributed by atoms with E-state index in [1.165, 1.54) is 0 Å². The van der Waals surface area contributed by atoms with Gasteiger partial charge in [0.1, 0.15) is 5.69 Å². The lowest BCUT2D eigenvalue weighted by Gasteiger charge is -2.36. The van der Waals surface area contributed by atoms with E-state index in [-0.39, 0.29) is 11.9 Å². The first-order valence-electron chi connectivity index (χ1n) is 9.06. The highest BCUT2D eigenvalue weighted by Gasteiger charge is 2.27. The van der Waals surface area contributed by atoms with Crippen molar-refractivity contribution in [2.75, 3.05) is 26.7 Å². The standard InChI is InChI=1S/C18H28N6O/c1-15(2)24-17(5-9-20-24)18(25)21(3)16-6-11-22(12-7-16)13-14-23-10-4-8-19-23/h4-5,8-10,15-16H,6-7,11-14H2,1-3H3. The summed E-state index contributed by atoms with van der Waals surface area (Å²) in [6.07, 6.45) is 7.54. The first kappa shape index (κ1) is 17.7. The van der Waals surface area contributed by atoms with Gasteiger partial charge in [0.25, 0.3) is 5.91 Å². The van der Waals surface area contributed by atoms with Crippen molar-refractivity contribution < 1.29 is 4.79 Å². The average molecular weight is 344 g/mol. The molecule has 0 N–H and O–H groups in total. The normalized spacial score (nSPS) is 16.5. The summed E-state index contributed by atoms with van der Waals surface area (Å²) >= 11 is 0. The second-order valence-electron chi connectivity index (χ2n) is 7.01. The summed E-state index contributed by atoms with van der Waals surface area (Å²) in [6.45, 7) is 8.05. The predicted molar refractivity (Wildman–Crippen MR) is 96.4 cm³/mol. The molecule has 0 unspecified atom stereocenters. The summed E-state index contributed by atoms with van der Waals surface area (Å²) in [7, 11) is 1.92. The van der Waals surface area contributed by atoms with Crippen LogP contribution < -0.4 is 0 Å². The number of amides is 1. The second kappa shape index (κ2) is 7.82. The largest absolute Gasteiger partial charge is 0.337 e. The Morgan fingerprint density at radius 3 is 2.64 bits per heavy atom. The number of likely N-dealkylation sites (tertiary alicyclic amines) is 1. The van der Waals surface area contributed by atoms with Crippen molar-refractivity contribution in [1.82, 2.24) is 29.4 Å². The molecule has 3 rings (SSSR count). The molecule has 1 aliphatic heterocycles. The van der Waals surface area contributed by atoms with Gasteiger partial charge < -0.3 is 9.80 Å². The molecule has 1 aliphatic rings. The van der Waals surface area contributed by atoms with E-state index in [0.29, 0.717) is 11.7 Å². The van der Waals surface area contributed by atoms with Gasteiger partial charge in [-0.15, -0.1) is 0 Å². The van der Waals surface area contributed by atoms with E-state index in [9.17, 15) is 4.79 Å². The van der Waals surface area contributed by atoms with Crippen molar-refractivity contribution in [3.05, 3.63) is 36.4 Å². The number of aromatic nitrogens is 4. The van der Waals surface area contributed by atoms with Crippen LogP contribution in [0.4, 0.5) is 0 Å². The fourth-order valence-electron chi connectivity index (χ4n) is 3.45. The zero-order valence-electron chi connectivity index (χ0n) is 15.4. The molecule has 0 spiro atoms. The summed E-state index contributed by atoms with van der Waals surface area (Å²) in [6, 6.07) is 4.25. The first-order valence-corrected chi connectivity index (χ1v) is 9.06. The topological polar surface area (TPSA) is 59.2 Å². The van der Waals surface area contributed by atoms with Crippen molar-refractivity contribution in [3.8, 4) is 0 Å². The Bertz CT molecular complexity index is 670. The molecular formula is C18H28N6O. The third-order valence-electron chi connectivity index (χ3n) is 5.01. The van der Waals surface area contributed by atoms with Crippen LogP contribution in [0, 0.1) is 0 Å². The van der Waals surface area contributed by atoms with Gasteiger partial charge in [0, 0.05) is 57.4 Å². The van der Waals surface area contributed by atoms with Crippen molar-refractivity contribution in [3.63, 3.8) is 0 Å². The van der Waals surface area contributed by atoms with Crippen molar-refractivity contribution in [2.24, 2.45) is 0 Å². The second-order valence-corrected chi connectivity index (χ2v) is 7.01. The number of carbonyl (C=O) groups excluding carboxylic acids is 1. The number of hydrogen-bond acceptors (Lipinski definition) is 4. The molecule has 1 fully saturated rings.